The van der Waals surface area contributed by atoms with E-state index in [9.17, 15) is 19.2 Å². The summed E-state index contributed by atoms with van der Waals surface area (Å²) in [4.78, 5) is 47.6. The summed E-state index contributed by atoms with van der Waals surface area (Å²) >= 11 is 0. The number of nitrogens with one attached hydrogen (secondary N) is 1. The van der Waals surface area contributed by atoms with Crippen LogP contribution in [0.15, 0.2) is 30.3 Å². The van der Waals surface area contributed by atoms with E-state index in [0.717, 1.165) is 4.90 Å². The molecule has 1 aromatic rings. The molecule has 0 aromatic heterocycles. The average molecular weight is 304 g/mol. The highest BCUT2D eigenvalue weighted by Crippen LogP contribution is 2.28. The van der Waals surface area contributed by atoms with Crippen LogP contribution in [-0.2, 0) is 24.7 Å². The molecule has 1 aliphatic heterocycles. The maximum absolute atomic E-state index is 12.5. The third-order valence-electron chi connectivity index (χ3n) is 3.35. The first-order valence-electron chi connectivity index (χ1n) is 6.69. The number of esters is 1. The first-order valence-corrected chi connectivity index (χ1v) is 6.69. The van der Waals surface area contributed by atoms with E-state index in [1.807, 2.05) is 0 Å². The number of benzene rings is 1. The van der Waals surface area contributed by atoms with E-state index in [-0.39, 0.29) is 12.4 Å². The van der Waals surface area contributed by atoms with Crippen molar-refractivity contribution in [1.82, 2.24) is 10.2 Å². The summed E-state index contributed by atoms with van der Waals surface area (Å²) in [6.45, 7) is 1.94. The van der Waals surface area contributed by atoms with Gasteiger partial charge in [-0.15, -0.1) is 0 Å². The molecule has 2 rings (SSSR count). The Hall–Kier alpha value is -2.70. The number of imide groups is 1. The van der Waals surface area contributed by atoms with Crippen LogP contribution in [0.25, 0.3) is 0 Å². The van der Waals surface area contributed by atoms with E-state index in [0.29, 0.717) is 5.56 Å². The van der Waals surface area contributed by atoms with Gasteiger partial charge in [0.2, 0.25) is 0 Å². The van der Waals surface area contributed by atoms with Crippen LogP contribution in [0, 0.1) is 0 Å². The number of hydrogen-bond donors (Lipinski definition) is 1. The molecule has 1 N–H and O–H groups in total. The van der Waals surface area contributed by atoms with E-state index in [1.165, 1.54) is 6.92 Å². The van der Waals surface area contributed by atoms with E-state index in [2.05, 4.69) is 10.1 Å². The largest absolute Gasteiger partial charge is 0.456 e. The van der Waals surface area contributed by atoms with E-state index >= 15 is 0 Å². The van der Waals surface area contributed by atoms with Crippen LogP contribution in [0.5, 0.6) is 0 Å². The molecule has 0 spiro atoms. The molecule has 1 fully saturated rings. The van der Waals surface area contributed by atoms with Crippen molar-refractivity contribution in [3.05, 3.63) is 35.9 Å². The molecule has 116 valence electrons. The highest BCUT2D eigenvalue weighted by molar-refractivity contribution is 6.08. The first kappa shape index (κ1) is 15.7. The monoisotopic (exact) mass is 304 g/mol. The van der Waals surface area contributed by atoms with Crippen molar-refractivity contribution in [2.24, 2.45) is 0 Å². The number of carbonyl (C=O) groups excluding carboxylic acids is 4. The van der Waals surface area contributed by atoms with E-state index < -0.39 is 30.0 Å². The highest BCUT2D eigenvalue weighted by Gasteiger charge is 2.49. The van der Waals surface area contributed by atoms with Gasteiger partial charge in [0.25, 0.3) is 5.91 Å². The summed E-state index contributed by atoms with van der Waals surface area (Å²) < 4.78 is 4.67. The number of rotatable bonds is 5. The van der Waals surface area contributed by atoms with Crippen LogP contribution in [0.4, 0.5) is 4.79 Å². The zero-order chi connectivity index (χ0) is 16.3. The van der Waals surface area contributed by atoms with E-state index in [4.69, 9.17) is 0 Å². The Morgan fingerprint density at radius 1 is 1.23 bits per heavy atom. The molecule has 22 heavy (non-hydrogen) atoms. The molecule has 7 nitrogen and oxygen atoms in total. The van der Waals surface area contributed by atoms with Gasteiger partial charge in [-0.2, -0.15) is 0 Å². The number of ketones is 1. The average Bonchev–Trinajstić information content (AvgIpc) is 2.70. The Morgan fingerprint density at radius 3 is 2.45 bits per heavy atom. The fraction of sp³-hybridized carbons (Fsp3) is 0.333. The zero-order valence-corrected chi connectivity index (χ0v) is 12.3. The van der Waals surface area contributed by atoms with Crippen LogP contribution in [0.3, 0.4) is 0 Å². The molecule has 1 aliphatic rings. The second kappa shape index (κ2) is 5.97. The standard InChI is InChI=1S/C15H16N2O5/c1-10(18)9-22-12(19)8-17-13(20)15(2,16-14(17)21)11-6-4-3-5-7-11/h3-7H,8-9H2,1-2H3,(H,16,21)/t15-/m1/s1. The Morgan fingerprint density at radius 2 is 1.86 bits per heavy atom. The third-order valence-corrected chi connectivity index (χ3v) is 3.35. The molecule has 0 bridgehead atoms. The minimum atomic E-state index is -1.22. The van der Waals surface area contributed by atoms with Gasteiger partial charge in [0, 0.05) is 0 Å². The highest BCUT2D eigenvalue weighted by atomic mass is 16.5. The molecule has 7 heteroatoms. The van der Waals surface area contributed by atoms with Gasteiger partial charge in [-0.3, -0.25) is 19.3 Å². The van der Waals surface area contributed by atoms with Gasteiger partial charge < -0.3 is 10.1 Å². The second-order valence-electron chi connectivity index (χ2n) is 5.18. The summed E-state index contributed by atoms with van der Waals surface area (Å²) in [6.07, 6.45) is 0. The summed E-state index contributed by atoms with van der Waals surface area (Å²) in [5.41, 5.74) is -0.605. The Kier molecular flexibility index (Phi) is 4.25. The molecule has 0 radical (unpaired) electrons. The van der Waals surface area contributed by atoms with Gasteiger partial charge in [-0.05, 0) is 19.4 Å². The van der Waals surface area contributed by atoms with Crippen molar-refractivity contribution < 1.29 is 23.9 Å². The summed E-state index contributed by atoms with van der Waals surface area (Å²) in [5, 5.41) is 2.58. The molecule has 0 unspecified atom stereocenters. The Bertz CT molecular complexity index is 628. The van der Waals surface area contributed by atoms with Gasteiger partial charge in [0.05, 0.1) is 0 Å². The lowest BCUT2D eigenvalue weighted by molar-refractivity contribution is -0.150. The second-order valence-corrected chi connectivity index (χ2v) is 5.18. The van der Waals surface area contributed by atoms with Crippen molar-refractivity contribution in [3.63, 3.8) is 0 Å². The van der Waals surface area contributed by atoms with Gasteiger partial charge in [0.15, 0.2) is 5.78 Å². The predicted octanol–water partition coefficient (Wildman–Crippen LogP) is 0.586. The predicted molar refractivity (Wildman–Crippen MR) is 75.7 cm³/mol. The summed E-state index contributed by atoms with van der Waals surface area (Å²) in [5.74, 6) is -1.67. The lowest BCUT2D eigenvalue weighted by Crippen LogP contribution is -2.41. The van der Waals surface area contributed by atoms with Crippen LogP contribution in [-0.4, -0.2) is 41.7 Å². The zero-order valence-electron chi connectivity index (χ0n) is 12.3. The maximum atomic E-state index is 12.5. The fourth-order valence-corrected chi connectivity index (χ4v) is 2.16. The lowest BCUT2D eigenvalue weighted by atomic mass is 9.92. The summed E-state index contributed by atoms with van der Waals surface area (Å²) in [7, 11) is 0. The number of carbonyl (C=O) groups is 4. The number of hydrogen-bond acceptors (Lipinski definition) is 5. The minimum absolute atomic E-state index is 0.320. The molecule has 0 saturated carbocycles. The number of ether oxygens (including phenoxy) is 1. The molecular weight excluding hydrogens is 288 g/mol. The number of amides is 3. The fourth-order valence-electron chi connectivity index (χ4n) is 2.16. The van der Waals surface area contributed by atoms with Crippen LogP contribution < -0.4 is 5.32 Å². The quantitative estimate of drug-likeness (QED) is 0.634. The number of nitrogens with zero attached hydrogens (tertiary/aromatic N) is 1. The molecule has 1 aromatic carbocycles. The van der Waals surface area contributed by atoms with Crippen molar-refractivity contribution >= 4 is 23.7 Å². The topological polar surface area (TPSA) is 92.8 Å². The maximum Gasteiger partial charge on any atom is 0.326 e. The molecule has 1 saturated heterocycles. The normalized spacial score (nSPS) is 20.7. The minimum Gasteiger partial charge on any atom is -0.456 e. The van der Waals surface area contributed by atoms with Crippen LogP contribution >= 0.6 is 0 Å². The third kappa shape index (κ3) is 2.98. The number of urea groups is 1. The first-order chi connectivity index (χ1) is 10.3. The smallest absolute Gasteiger partial charge is 0.326 e. The van der Waals surface area contributed by atoms with Crippen LogP contribution in [0.1, 0.15) is 19.4 Å². The van der Waals surface area contributed by atoms with Crippen molar-refractivity contribution in [2.45, 2.75) is 19.4 Å². The van der Waals surface area contributed by atoms with Crippen LogP contribution in [0.2, 0.25) is 0 Å². The van der Waals surface area contributed by atoms with Gasteiger partial charge in [-0.1, -0.05) is 30.3 Å². The van der Waals surface area contributed by atoms with Crippen molar-refractivity contribution in [2.75, 3.05) is 13.2 Å². The Labute approximate surface area is 127 Å². The molecular formula is C15H16N2O5. The van der Waals surface area contributed by atoms with Gasteiger partial charge >= 0.3 is 12.0 Å². The molecule has 1 heterocycles. The number of Topliss-reactive ketones (excluding diaryl/α,β-unsaturated/α-hetero) is 1. The van der Waals surface area contributed by atoms with Crippen molar-refractivity contribution in [3.8, 4) is 0 Å². The SMILES string of the molecule is CC(=O)COC(=O)CN1C(=O)N[C@](C)(c2ccccc2)C1=O. The molecule has 1 atom stereocenters. The van der Waals surface area contributed by atoms with Crippen molar-refractivity contribution in [1.29, 1.82) is 0 Å². The van der Waals surface area contributed by atoms with E-state index in [1.54, 1.807) is 37.3 Å². The lowest BCUT2D eigenvalue weighted by Gasteiger charge is -2.21. The van der Waals surface area contributed by atoms with Gasteiger partial charge in [0.1, 0.15) is 18.7 Å². The molecule has 0 aliphatic carbocycles. The summed E-state index contributed by atoms with van der Waals surface area (Å²) in [6, 6.07) is 8.07. The molecule has 3 amide bonds. The Balaban J connectivity index is 2.12. The van der Waals surface area contributed by atoms with Gasteiger partial charge in [-0.25, -0.2) is 4.79 Å².